The van der Waals surface area contributed by atoms with Crippen LogP contribution < -0.4 is 5.32 Å². The molecular weight excluding hydrogens is 250 g/mol. The molecule has 0 radical (unpaired) electrons. The maximum absolute atomic E-state index is 11.1. The van der Waals surface area contributed by atoms with E-state index in [2.05, 4.69) is 15.3 Å². The second kappa shape index (κ2) is 6.12. The van der Waals surface area contributed by atoms with Crippen LogP contribution in [0.15, 0.2) is 42.6 Å². The van der Waals surface area contributed by atoms with Crippen LogP contribution >= 0.6 is 11.6 Å². The number of carbonyl (C=O) groups excluding carboxylic acids is 1. The molecule has 2 heterocycles. The normalized spacial score (nSPS) is 10.1. The van der Waals surface area contributed by atoms with Gasteiger partial charge in [0.05, 0.1) is 23.6 Å². The molecule has 0 atom stereocenters. The van der Waals surface area contributed by atoms with E-state index < -0.39 is 0 Å². The van der Waals surface area contributed by atoms with Crippen molar-refractivity contribution in [3.05, 3.63) is 48.3 Å². The number of hydrogen-bond donors (Lipinski definition) is 1. The van der Waals surface area contributed by atoms with Crippen LogP contribution in [0.1, 0.15) is 5.69 Å². The van der Waals surface area contributed by atoms with Crippen LogP contribution in [0.3, 0.4) is 0 Å². The third-order valence-corrected chi connectivity index (χ3v) is 2.56. The lowest BCUT2D eigenvalue weighted by Crippen LogP contribution is -2.24. The van der Waals surface area contributed by atoms with Crippen molar-refractivity contribution in [1.29, 1.82) is 0 Å². The first-order valence-electron chi connectivity index (χ1n) is 5.49. The quantitative estimate of drug-likeness (QED) is 0.857. The number of carbonyl (C=O) groups is 1. The van der Waals surface area contributed by atoms with Gasteiger partial charge in [0.1, 0.15) is 5.88 Å². The van der Waals surface area contributed by atoms with Gasteiger partial charge in [0.15, 0.2) is 0 Å². The van der Waals surface area contributed by atoms with Gasteiger partial charge in [-0.15, -0.1) is 11.6 Å². The van der Waals surface area contributed by atoms with E-state index in [9.17, 15) is 4.79 Å². The van der Waals surface area contributed by atoms with Gasteiger partial charge in [-0.05, 0) is 24.3 Å². The van der Waals surface area contributed by atoms with Gasteiger partial charge in [0.25, 0.3) is 0 Å². The summed E-state index contributed by atoms with van der Waals surface area (Å²) in [6.07, 6.45) is 1.72. The summed E-state index contributed by atoms with van der Waals surface area (Å²) in [5, 5.41) is 2.67. The number of pyridine rings is 2. The van der Waals surface area contributed by atoms with Crippen molar-refractivity contribution in [3.63, 3.8) is 0 Å². The molecule has 1 N–H and O–H groups in total. The van der Waals surface area contributed by atoms with Crippen molar-refractivity contribution in [2.45, 2.75) is 6.54 Å². The molecule has 0 saturated heterocycles. The summed E-state index contributed by atoms with van der Waals surface area (Å²) < 4.78 is 0. The first-order chi connectivity index (χ1) is 8.79. The maximum Gasteiger partial charge on any atom is 0.235 e. The van der Waals surface area contributed by atoms with Crippen molar-refractivity contribution >= 4 is 17.5 Å². The van der Waals surface area contributed by atoms with Gasteiger partial charge in [-0.25, -0.2) is 4.98 Å². The van der Waals surface area contributed by atoms with Gasteiger partial charge >= 0.3 is 0 Å². The van der Waals surface area contributed by atoms with E-state index in [1.165, 1.54) is 0 Å². The van der Waals surface area contributed by atoms with Crippen LogP contribution in [0.5, 0.6) is 0 Å². The molecule has 2 rings (SSSR count). The molecule has 0 saturated carbocycles. The van der Waals surface area contributed by atoms with Crippen LogP contribution in [0.25, 0.3) is 11.4 Å². The predicted octanol–water partition coefficient (Wildman–Crippen LogP) is 2.00. The first kappa shape index (κ1) is 12.5. The zero-order valence-electron chi connectivity index (χ0n) is 9.64. The Hall–Kier alpha value is -1.94. The highest BCUT2D eigenvalue weighted by molar-refractivity contribution is 6.27. The van der Waals surface area contributed by atoms with Crippen LogP contribution in [0.2, 0.25) is 0 Å². The summed E-state index contributed by atoms with van der Waals surface area (Å²) >= 11 is 5.40. The average molecular weight is 262 g/mol. The summed E-state index contributed by atoms with van der Waals surface area (Å²) in [4.78, 5) is 19.7. The minimum Gasteiger partial charge on any atom is -0.349 e. The lowest BCUT2D eigenvalue weighted by molar-refractivity contribution is -0.118. The number of nitrogens with one attached hydrogen (secondary N) is 1. The molecule has 0 unspecified atom stereocenters. The van der Waals surface area contributed by atoms with Crippen LogP contribution in [-0.4, -0.2) is 21.8 Å². The molecule has 0 aliphatic carbocycles. The van der Waals surface area contributed by atoms with E-state index in [-0.39, 0.29) is 11.8 Å². The van der Waals surface area contributed by atoms with Crippen LogP contribution in [0.4, 0.5) is 0 Å². The van der Waals surface area contributed by atoms with E-state index in [0.29, 0.717) is 6.54 Å². The Morgan fingerprint density at radius 3 is 2.72 bits per heavy atom. The summed E-state index contributed by atoms with van der Waals surface area (Å²) in [6, 6.07) is 11.3. The fourth-order valence-corrected chi connectivity index (χ4v) is 1.57. The highest BCUT2D eigenvalue weighted by Crippen LogP contribution is 2.13. The molecule has 92 valence electrons. The molecule has 2 aromatic heterocycles. The second-order valence-corrected chi connectivity index (χ2v) is 3.91. The Bertz CT molecular complexity index is 531. The number of halogens is 1. The van der Waals surface area contributed by atoms with E-state index in [4.69, 9.17) is 11.6 Å². The van der Waals surface area contributed by atoms with Gasteiger partial charge < -0.3 is 5.32 Å². The van der Waals surface area contributed by atoms with Gasteiger partial charge in [-0.3, -0.25) is 9.78 Å². The molecule has 1 amide bonds. The molecule has 0 aromatic carbocycles. The number of aromatic nitrogens is 2. The number of nitrogens with zero attached hydrogens (tertiary/aromatic N) is 2. The zero-order chi connectivity index (χ0) is 12.8. The predicted molar refractivity (Wildman–Crippen MR) is 70.0 cm³/mol. The van der Waals surface area contributed by atoms with Crippen molar-refractivity contribution in [3.8, 4) is 11.4 Å². The van der Waals surface area contributed by atoms with E-state index >= 15 is 0 Å². The molecule has 0 aliphatic rings. The van der Waals surface area contributed by atoms with Crippen molar-refractivity contribution < 1.29 is 4.79 Å². The molecule has 0 spiro atoms. The van der Waals surface area contributed by atoms with Gasteiger partial charge in [0.2, 0.25) is 5.91 Å². The molecule has 0 fully saturated rings. The molecule has 5 heteroatoms. The summed E-state index contributed by atoms with van der Waals surface area (Å²) in [5.41, 5.74) is 2.37. The van der Waals surface area contributed by atoms with Gasteiger partial charge in [0, 0.05) is 6.20 Å². The smallest absolute Gasteiger partial charge is 0.235 e. The molecule has 0 bridgehead atoms. The molecule has 4 nitrogen and oxygen atoms in total. The number of hydrogen-bond acceptors (Lipinski definition) is 3. The molecule has 18 heavy (non-hydrogen) atoms. The monoisotopic (exact) mass is 261 g/mol. The summed E-state index contributed by atoms with van der Waals surface area (Å²) in [7, 11) is 0. The largest absolute Gasteiger partial charge is 0.349 e. The summed E-state index contributed by atoms with van der Waals surface area (Å²) in [5.74, 6) is -0.248. The van der Waals surface area contributed by atoms with Crippen molar-refractivity contribution in [2.24, 2.45) is 0 Å². The standard InChI is InChI=1S/C13H12ClN3O/c14-8-13(18)16-9-10-4-3-6-12(17-10)11-5-1-2-7-15-11/h1-7H,8-9H2,(H,16,18). The zero-order valence-corrected chi connectivity index (χ0v) is 10.4. The van der Waals surface area contributed by atoms with Gasteiger partial charge in [-0.2, -0.15) is 0 Å². The highest BCUT2D eigenvalue weighted by atomic mass is 35.5. The van der Waals surface area contributed by atoms with E-state index in [0.717, 1.165) is 17.1 Å². The lowest BCUT2D eigenvalue weighted by Gasteiger charge is -2.05. The molecule has 2 aromatic rings. The second-order valence-electron chi connectivity index (χ2n) is 3.64. The minimum atomic E-state index is -0.207. The number of alkyl halides is 1. The number of amides is 1. The Morgan fingerprint density at radius 2 is 2.00 bits per heavy atom. The Morgan fingerprint density at radius 1 is 1.17 bits per heavy atom. The molecular formula is C13H12ClN3O. The topological polar surface area (TPSA) is 54.9 Å². The van der Waals surface area contributed by atoms with Crippen molar-refractivity contribution in [1.82, 2.24) is 15.3 Å². The SMILES string of the molecule is O=C(CCl)NCc1cccc(-c2ccccn2)n1. The van der Waals surface area contributed by atoms with Crippen molar-refractivity contribution in [2.75, 3.05) is 5.88 Å². The molecule has 0 aliphatic heterocycles. The lowest BCUT2D eigenvalue weighted by atomic mass is 10.2. The van der Waals surface area contributed by atoms with Crippen LogP contribution in [-0.2, 0) is 11.3 Å². The highest BCUT2D eigenvalue weighted by Gasteiger charge is 2.03. The van der Waals surface area contributed by atoms with E-state index in [1.807, 2.05) is 36.4 Å². The van der Waals surface area contributed by atoms with Crippen LogP contribution in [0, 0.1) is 0 Å². The number of rotatable bonds is 4. The minimum absolute atomic E-state index is 0.0417. The Balaban J connectivity index is 2.13. The van der Waals surface area contributed by atoms with Gasteiger partial charge in [-0.1, -0.05) is 12.1 Å². The summed E-state index contributed by atoms with van der Waals surface area (Å²) in [6.45, 7) is 0.367. The van der Waals surface area contributed by atoms with E-state index in [1.54, 1.807) is 6.20 Å². The Kier molecular flexibility index (Phi) is 4.25. The first-order valence-corrected chi connectivity index (χ1v) is 6.03. The average Bonchev–Trinajstić information content (AvgIpc) is 2.46. The third-order valence-electron chi connectivity index (χ3n) is 2.32. The Labute approximate surface area is 110 Å². The fraction of sp³-hybridized carbons (Fsp3) is 0.154. The fourth-order valence-electron chi connectivity index (χ4n) is 1.47. The third kappa shape index (κ3) is 3.28. The maximum atomic E-state index is 11.1.